The van der Waals surface area contributed by atoms with E-state index in [0.717, 1.165) is 35.4 Å². The van der Waals surface area contributed by atoms with Gasteiger partial charge in [0.2, 0.25) is 5.43 Å². The Balaban J connectivity index is 1.72. The average molecular weight is 476 g/mol. The molecule has 0 bridgehead atoms. The number of aromatic hydroxyl groups is 1. The maximum atomic E-state index is 13.5. The fourth-order valence-corrected chi connectivity index (χ4v) is 6.85. The third kappa shape index (κ3) is 2.52. The van der Waals surface area contributed by atoms with Gasteiger partial charge < -0.3 is 10.0 Å². The second kappa shape index (κ2) is 7.37. The Morgan fingerprint density at radius 3 is 2.62 bits per heavy atom. The first-order valence-electron chi connectivity index (χ1n) is 11.8. The first kappa shape index (κ1) is 21.3. The lowest BCUT2D eigenvalue weighted by Gasteiger charge is -2.54. The molecule has 34 heavy (non-hydrogen) atoms. The molecule has 1 aliphatic heterocycles. The Kier molecular flexibility index (Phi) is 4.62. The summed E-state index contributed by atoms with van der Waals surface area (Å²) in [5, 5.41) is 13.7. The molecular weight excluding hydrogens is 450 g/mol. The number of carbonyl (C=O) groups is 1. The third-order valence-electron chi connectivity index (χ3n) is 7.85. The number of fused-ring (bicyclic) bond motifs is 6. The predicted octanol–water partition coefficient (Wildman–Crippen LogP) is 4.03. The molecule has 3 aromatic rings. The van der Waals surface area contributed by atoms with Gasteiger partial charge >= 0.3 is 0 Å². The number of aromatic nitrogens is 1. The van der Waals surface area contributed by atoms with E-state index in [2.05, 4.69) is 35.3 Å². The molecule has 1 amide bonds. The Morgan fingerprint density at radius 2 is 1.82 bits per heavy atom. The summed E-state index contributed by atoms with van der Waals surface area (Å²) in [5.41, 5.74) is 3.57. The molecule has 6 nitrogen and oxygen atoms in total. The summed E-state index contributed by atoms with van der Waals surface area (Å²) in [6.45, 7) is 4.57. The number of halogens is 1. The molecule has 3 aliphatic rings. The molecule has 0 fully saturated rings. The van der Waals surface area contributed by atoms with E-state index in [4.69, 9.17) is 11.6 Å². The van der Waals surface area contributed by atoms with Crippen LogP contribution in [0.5, 0.6) is 5.75 Å². The maximum Gasteiger partial charge on any atom is 0.278 e. The first-order valence-corrected chi connectivity index (χ1v) is 12.2. The van der Waals surface area contributed by atoms with Gasteiger partial charge in [-0.1, -0.05) is 54.9 Å². The van der Waals surface area contributed by atoms with E-state index in [1.165, 1.54) is 17.2 Å². The van der Waals surface area contributed by atoms with Crippen molar-refractivity contribution in [1.29, 1.82) is 0 Å². The van der Waals surface area contributed by atoms with Gasteiger partial charge in [-0.2, -0.15) is 0 Å². The molecule has 1 N–H and O–H groups in total. The lowest BCUT2D eigenvalue weighted by molar-refractivity contribution is 0.0516. The standard InChI is InChI=1S/C27H26ClN3O3/c1-3-12-29-16(2)31(30-13-11-23(32)25(33)24(30)26(29)34)27-18(14-17-7-4-5-8-20(17)27)15-19-21(27)9-6-10-22(19)28/h4-11,13,16,18,33H,3,12,14-15H2,1-2H3. The smallest absolute Gasteiger partial charge is 0.278 e. The van der Waals surface area contributed by atoms with Crippen LogP contribution in [0.3, 0.4) is 0 Å². The van der Waals surface area contributed by atoms with Crippen molar-refractivity contribution in [3.05, 3.63) is 97.9 Å². The molecule has 0 spiro atoms. The quantitative estimate of drug-likeness (QED) is 0.621. The summed E-state index contributed by atoms with van der Waals surface area (Å²) >= 11 is 6.72. The summed E-state index contributed by atoms with van der Waals surface area (Å²) < 4.78 is 1.72. The average Bonchev–Trinajstić information content (AvgIpc) is 3.31. The van der Waals surface area contributed by atoms with Gasteiger partial charge in [-0.15, -0.1) is 0 Å². The van der Waals surface area contributed by atoms with E-state index in [1.54, 1.807) is 15.8 Å². The van der Waals surface area contributed by atoms with Crippen LogP contribution in [0, 0.1) is 5.92 Å². The van der Waals surface area contributed by atoms with Crippen molar-refractivity contribution in [2.24, 2.45) is 5.92 Å². The van der Waals surface area contributed by atoms with Gasteiger partial charge in [0, 0.05) is 29.7 Å². The monoisotopic (exact) mass is 475 g/mol. The number of nitrogens with zero attached hydrogens (tertiary/aromatic N) is 3. The van der Waals surface area contributed by atoms with Crippen LogP contribution in [-0.2, 0) is 18.4 Å². The fourth-order valence-electron chi connectivity index (χ4n) is 6.60. The van der Waals surface area contributed by atoms with Crippen molar-refractivity contribution in [2.45, 2.75) is 44.8 Å². The van der Waals surface area contributed by atoms with Crippen LogP contribution >= 0.6 is 11.6 Å². The van der Waals surface area contributed by atoms with E-state index in [1.807, 2.05) is 26.0 Å². The highest BCUT2D eigenvalue weighted by atomic mass is 35.5. The topological polar surface area (TPSA) is 65.8 Å². The van der Waals surface area contributed by atoms with Crippen LogP contribution in [0.2, 0.25) is 5.02 Å². The zero-order valence-electron chi connectivity index (χ0n) is 19.2. The van der Waals surface area contributed by atoms with Crippen molar-refractivity contribution in [2.75, 3.05) is 11.6 Å². The molecule has 1 aromatic heterocycles. The fraction of sp³-hybridized carbons (Fsp3) is 0.333. The van der Waals surface area contributed by atoms with Gasteiger partial charge in [-0.25, -0.2) is 0 Å². The zero-order chi connectivity index (χ0) is 23.8. The summed E-state index contributed by atoms with van der Waals surface area (Å²) in [7, 11) is 0. The lowest BCUT2D eigenvalue weighted by atomic mass is 9.81. The lowest BCUT2D eigenvalue weighted by Crippen LogP contribution is -2.68. The highest BCUT2D eigenvalue weighted by Gasteiger charge is 2.60. The van der Waals surface area contributed by atoms with Crippen LogP contribution in [-0.4, -0.2) is 33.3 Å². The van der Waals surface area contributed by atoms with Crippen molar-refractivity contribution in [3.63, 3.8) is 0 Å². The molecule has 2 heterocycles. The molecule has 0 saturated heterocycles. The second-order valence-corrected chi connectivity index (χ2v) is 9.90. The predicted molar refractivity (Wildman–Crippen MR) is 131 cm³/mol. The minimum Gasteiger partial charge on any atom is -0.502 e. The Labute approximate surface area is 203 Å². The number of rotatable bonds is 3. The highest BCUT2D eigenvalue weighted by Crippen LogP contribution is 2.58. The van der Waals surface area contributed by atoms with Crippen LogP contribution in [0.4, 0.5) is 0 Å². The highest BCUT2D eigenvalue weighted by molar-refractivity contribution is 6.31. The molecule has 3 unspecified atom stereocenters. The molecule has 0 radical (unpaired) electrons. The van der Waals surface area contributed by atoms with Crippen LogP contribution in [0.1, 0.15) is 53.0 Å². The SMILES string of the molecule is CCCN1C(=O)c2c(O)c(=O)ccn2N(C23c4ccccc4CC2Cc2c(Cl)cccc23)C1C. The number of hydrogen-bond acceptors (Lipinski definition) is 4. The van der Waals surface area contributed by atoms with E-state index < -0.39 is 16.7 Å². The second-order valence-electron chi connectivity index (χ2n) is 9.49. The zero-order valence-corrected chi connectivity index (χ0v) is 19.9. The van der Waals surface area contributed by atoms with Gasteiger partial charge in [-0.3, -0.25) is 19.3 Å². The Hall–Kier alpha value is -3.25. The van der Waals surface area contributed by atoms with E-state index in [9.17, 15) is 14.7 Å². The van der Waals surface area contributed by atoms with Crippen LogP contribution < -0.4 is 10.4 Å². The van der Waals surface area contributed by atoms with Crippen molar-refractivity contribution in [1.82, 2.24) is 9.58 Å². The summed E-state index contributed by atoms with van der Waals surface area (Å²) in [4.78, 5) is 27.7. The normalized spacial score (nSPS) is 24.6. The van der Waals surface area contributed by atoms with E-state index >= 15 is 0 Å². The van der Waals surface area contributed by atoms with E-state index in [-0.39, 0.29) is 23.7 Å². The number of hydrogen-bond donors (Lipinski definition) is 1. The molecule has 6 rings (SSSR count). The van der Waals surface area contributed by atoms with Gasteiger partial charge in [0.25, 0.3) is 5.91 Å². The van der Waals surface area contributed by atoms with E-state index in [0.29, 0.717) is 6.54 Å². The molecule has 174 valence electrons. The summed E-state index contributed by atoms with van der Waals surface area (Å²) in [6, 6.07) is 15.9. The molecule has 0 saturated carbocycles. The summed E-state index contributed by atoms with van der Waals surface area (Å²) in [6.07, 6.45) is 3.77. The van der Waals surface area contributed by atoms with Gasteiger partial charge in [0.15, 0.2) is 11.4 Å². The van der Waals surface area contributed by atoms with Crippen LogP contribution in [0.25, 0.3) is 0 Å². The molecule has 2 aromatic carbocycles. The minimum absolute atomic E-state index is 0.0204. The Morgan fingerprint density at radius 1 is 1.06 bits per heavy atom. The van der Waals surface area contributed by atoms with Crippen molar-refractivity contribution >= 4 is 17.5 Å². The molecule has 2 aliphatic carbocycles. The first-order chi connectivity index (χ1) is 16.4. The third-order valence-corrected chi connectivity index (χ3v) is 8.20. The number of benzene rings is 2. The van der Waals surface area contributed by atoms with Gasteiger partial charge in [-0.05, 0) is 54.5 Å². The minimum atomic E-state index is -0.598. The summed E-state index contributed by atoms with van der Waals surface area (Å²) in [5.74, 6) is -0.647. The Bertz CT molecular complexity index is 1400. The van der Waals surface area contributed by atoms with Crippen molar-refractivity contribution in [3.8, 4) is 5.75 Å². The molecule has 7 heteroatoms. The van der Waals surface area contributed by atoms with Crippen molar-refractivity contribution < 1.29 is 9.90 Å². The van der Waals surface area contributed by atoms with Crippen LogP contribution in [0.15, 0.2) is 59.5 Å². The van der Waals surface area contributed by atoms with Gasteiger partial charge in [0.05, 0.1) is 0 Å². The largest absolute Gasteiger partial charge is 0.502 e. The van der Waals surface area contributed by atoms with Gasteiger partial charge in [0.1, 0.15) is 11.7 Å². The molecular formula is C27H26ClN3O3. The molecule has 3 atom stereocenters. The number of carbonyl (C=O) groups excluding carboxylic acids is 1. The number of pyridine rings is 1. The maximum absolute atomic E-state index is 13.5. The number of amides is 1.